The molecule has 7 heteroatoms. The molecule has 32 heavy (non-hydrogen) atoms. The third-order valence-electron chi connectivity index (χ3n) is 5.32. The van der Waals surface area contributed by atoms with E-state index in [1.807, 2.05) is 42.5 Å². The first-order chi connectivity index (χ1) is 15.7. The van der Waals surface area contributed by atoms with Crippen molar-refractivity contribution in [2.75, 3.05) is 6.61 Å². The fourth-order valence-corrected chi connectivity index (χ4v) is 3.51. The number of rotatable bonds is 8. The molecule has 0 radical (unpaired) electrons. The normalized spacial score (nSPS) is 18.0. The predicted molar refractivity (Wildman–Crippen MR) is 123 cm³/mol. The highest BCUT2D eigenvalue weighted by atomic mass is 16.5. The number of nitrogens with zero attached hydrogens (tertiary/aromatic N) is 1. The van der Waals surface area contributed by atoms with E-state index in [4.69, 9.17) is 4.74 Å². The Hall–Kier alpha value is -3.68. The summed E-state index contributed by atoms with van der Waals surface area (Å²) in [6.45, 7) is 0.621. The number of ether oxygens (including phenoxy) is 1. The van der Waals surface area contributed by atoms with Gasteiger partial charge in [0.1, 0.15) is 17.5 Å². The van der Waals surface area contributed by atoms with E-state index in [0.29, 0.717) is 18.6 Å². The van der Waals surface area contributed by atoms with Crippen LogP contribution in [0.4, 0.5) is 0 Å². The van der Waals surface area contributed by atoms with E-state index in [1.165, 1.54) is 11.8 Å². The molecule has 1 saturated heterocycles. The Balaban J connectivity index is 1.24. The summed E-state index contributed by atoms with van der Waals surface area (Å²) in [6, 6.07) is 24.5. The summed E-state index contributed by atoms with van der Waals surface area (Å²) >= 11 is 0. The van der Waals surface area contributed by atoms with Gasteiger partial charge in [0.25, 0.3) is 5.91 Å². The average molecular weight is 431 g/mol. The van der Waals surface area contributed by atoms with Crippen LogP contribution in [0.2, 0.25) is 0 Å². The molecule has 3 aromatic rings. The number of benzene rings is 3. The number of para-hydroxylation sites is 1. The molecule has 4 rings (SSSR count). The first kappa shape index (κ1) is 21.5. The summed E-state index contributed by atoms with van der Waals surface area (Å²) in [7, 11) is 0. The van der Waals surface area contributed by atoms with Crippen molar-refractivity contribution in [2.45, 2.75) is 24.9 Å². The Labute approximate surface area is 187 Å². The molecule has 164 valence electrons. The Morgan fingerprint density at radius 1 is 1.03 bits per heavy atom. The second kappa shape index (κ2) is 10.6. The van der Waals surface area contributed by atoms with E-state index >= 15 is 0 Å². The van der Waals surface area contributed by atoms with Gasteiger partial charge in [-0.25, -0.2) is 16.3 Å². The first-order valence-corrected chi connectivity index (χ1v) is 10.6. The molecule has 0 spiro atoms. The highest BCUT2D eigenvalue weighted by molar-refractivity contribution is 5.86. The number of hydrazine groups is 1. The molecule has 1 fully saturated rings. The fourth-order valence-electron chi connectivity index (χ4n) is 3.51. The molecule has 0 saturated carbocycles. The Morgan fingerprint density at radius 2 is 1.78 bits per heavy atom. The van der Waals surface area contributed by atoms with E-state index in [9.17, 15) is 9.90 Å². The van der Waals surface area contributed by atoms with Crippen molar-refractivity contribution in [3.8, 4) is 11.5 Å². The maximum Gasteiger partial charge on any atom is 0.258 e. The van der Waals surface area contributed by atoms with Crippen LogP contribution in [-0.2, 0) is 11.2 Å². The van der Waals surface area contributed by atoms with Gasteiger partial charge in [-0.15, -0.1) is 0 Å². The minimum absolute atomic E-state index is 0.00580. The molecule has 7 nitrogen and oxygen atoms in total. The minimum atomic E-state index is -0.414. The number of phenolic OH excluding ortho intramolecular Hbond substituents is 1. The van der Waals surface area contributed by atoms with Gasteiger partial charge in [0, 0.05) is 18.0 Å². The van der Waals surface area contributed by atoms with Gasteiger partial charge in [0.05, 0.1) is 12.8 Å². The van der Waals surface area contributed by atoms with Gasteiger partial charge in [0.2, 0.25) is 0 Å². The maximum atomic E-state index is 12.4. The number of hydrogen-bond donors (Lipinski definition) is 4. The SMILES string of the molecule is O=C(N/N=C/c1ccccc1O)C1CC(c2ccc(OCCc3ccccc3)cc2)NN1. The molecule has 0 aliphatic carbocycles. The number of nitrogens with one attached hydrogen (secondary N) is 3. The van der Waals surface area contributed by atoms with Crippen molar-refractivity contribution < 1.29 is 14.6 Å². The van der Waals surface area contributed by atoms with Crippen LogP contribution in [0.5, 0.6) is 11.5 Å². The van der Waals surface area contributed by atoms with Crippen molar-refractivity contribution in [1.29, 1.82) is 0 Å². The lowest BCUT2D eigenvalue weighted by atomic mass is 10.0. The number of hydrogen-bond acceptors (Lipinski definition) is 6. The fraction of sp³-hybridized carbons (Fsp3) is 0.200. The number of carbonyl (C=O) groups excluding carboxylic acids is 1. The lowest BCUT2D eigenvalue weighted by Crippen LogP contribution is -2.41. The predicted octanol–water partition coefficient (Wildman–Crippen LogP) is 3.07. The summed E-state index contributed by atoms with van der Waals surface area (Å²) in [6.07, 6.45) is 2.87. The number of amides is 1. The molecule has 2 unspecified atom stereocenters. The van der Waals surface area contributed by atoms with Crippen LogP contribution < -0.4 is 21.0 Å². The van der Waals surface area contributed by atoms with Crippen LogP contribution in [0, 0.1) is 0 Å². The summed E-state index contributed by atoms with van der Waals surface area (Å²) in [5, 5.41) is 13.7. The number of hydrazone groups is 1. The molecule has 1 heterocycles. The molecule has 0 aromatic heterocycles. The zero-order chi connectivity index (χ0) is 22.2. The van der Waals surface area contributed by atoms with Gasteiger partial charge in [-0.1, -0.05) is 54.6 Å². The van der Waals surface area contributed by atoms with E-state index in [1.54, 1.807) is 24.3 Å². The van der Waals surface area contributed by atoms with E-state index < -0.39 is 6.04 Å². The van der Waals surface area contributed by atoms with Crippen molar-refractivity contribution in [3.05, 3.63) is 95.6 Å². The molecule has 1 aliphatic heterocycles. The second-order valence-electron chi connectivity index (χ2n) is 7.58. The van der Waals surface area contributed by atoms with Gasteiger partial charge in [0.15, 0.2) is 0 Å². The lowest BCUT2D eigenvalue weighted by molar-refractivity contribution is -0.122. The van der Waals surface area contributed by atoms with Crippen molar-refractivity contribution in [1.82, 2.24) is 16.3 Å². The van der Waals surface area contributed by atoms with Gasteiger partial charge in [-0.3, -0.25) is 4.79 Å². The minimum Gasteiger partial charge on any atom is -0.507 e. The molecule has 1 aliphatic rings. The van der Waals surface area contributed by atoms with Crippen LogP contribution in [-0.4, -0.2) is 29.9 Å². The van der Waals surface area contributed by atoms with Crippen LogP contribution in [0.15, 0.2) is 84.0 Å². The van der Waals surface area contributed by atoms with E-state index in [2.05, 4.69) is 33.5 Å². The van der Waals surface area contributed by atoms with Gasteiger partial charge in [-0.2, -0.15) is 5.10 Å². The van der Waals surface area contributed by atoms with Crippen LogP contribution in [0.3, 0.4) is 0 Å². The Kier molecular flexibility index (Phi) is 7.12. The topological polar surface area (TPSA) is 95.0 Å². The molecular weight excluding hydrogens is 404 g/mol. The third-order valence-corrected chi connectivity index (χ3v) is 5.32. The van der Waals surface area contributed by atoms with Crippen molar-refractivity contribution in [3.63, 3.8) is 0 Å². The third kappa shape index (κ3) is 5.72. The summed E-state index contributed by atoms with van der Waals surface area (Å²) in [4.78, 5) is 12.4. The quantitative estimate of drug-likeness (QED) is 0.325. The molecule has 1 amide bonds. The highest BCUT2D eigenvalue weighted by Crippen LogP contribution is 2.24. The van der Waals surface area contributed by atoms with Crippen LogP contribution >= 0.6 is 0 Å². The molecule has 3 aromatic carbocycles. The van der Waals surface area contributed by atoms with Crippen LogP contribution in [0.25, 0.3) is 0 Å². The van der Waals surface area contributed by atoms with E-state index in [-0.39, 0.29) is 17.7 Å². The summed E-state index contributed by atoms with van der Waals surface area (Å²) in [5.41, 5.74) is 11.5. The monoisotopic (exact) mass is 430 g/mol. The first-order valence-electron chi connectivity index (χ1n) is 10.6. The van der Waals surface area contributed by atoms with E-state index in [0.717, 1.165) is 17.7 Å². The second-order valence-corrected chi connectivity index (χ2v) is 7.58. The smallest absolute Gasteiger partial charge is 0.258 e. The zero-order valence-electron chi connectivity index (χ0n) is 17.6. The number of aromatic hydroxyl groups is 1. The van der Waals surface area contributed by atoms with Gasteiger partial charge < -0.3 is 9.84 Å². The molecule has 4 N–H and O–H groups in total. The van der Waals surface area contributed by atoms with Crippen molar-refractivity contribution in [2.24, 2.45) is 5.10 Å². The van der Waals surface area contributed by atoms with Crippen molar-refractivity contribution >= 4 is 12.1 Å². The Bertz CT molecular complexity index is 1050. The summed E-state index contributed by atoms with van der Waals surface area (Å²) in [5.74, 6) is 0.690. The molecule has 0 bridgehead atoms. The standard InChI is InChI=1S/C25H26N4O3/c30-24-9-5-4-8-20(24)17-26-29-25(31)23-16-22(27-28-23)19-10-12-21(13-11-19)32-15-14-18-6-2-1-3-7-18/h1-13,17,22-23,27-28,30H,14-16H2,(H,29,31)/b26-17+. The largest absolute Gasteiger partial charge is 0.507 e. The summed E-state index contributed by atoms with van der Waals surface area (Å²) < 4.78 is 5.84. The molecular formula is C25H26N4O3. The number of phenols is 1. The average Bonchev–Trinajstić information content (AvgIpc) is 3.32. The lowest BCUT2D eigenvalue weighted by Gasteiger charge is -2.11. The van der Waals surface area contributed by atoms with Gasteiger partial charge in [-0.05, 0) is 41.8 Å². The zero-order valence-corrected chi connectivity index (χ0v) is 17.6. The molecule has 2 atom stereocenters. The number of carbonyl (C=O) groups is 1. The highest BCUT2D eigenvalue weighted by Gasteiger charge is 2.30. The Morgan fingerprint density at radius 3 is 2.56 bits per heavy atom. The van der Waals surface area contributed by atoms with Gasteiger partial charge >= 0.3 is 0 Å². The maximum absolute atomic E-state index is 12.4. The van der Waals surface area contributed by atoms with Crippen LogP contribution in [0.1, 0.15) is 29.2 Å².